The number of aliphatic hydroxyl groups is 2. The van der Waals surface area contributed by atoms with Crippen LogP contribution in [0, 0.1) is 5.82 Å². The molecule has 8 nitrogen and oxygen atoms in total. The third-order valence-electron chi connectivity index (χ3n) is 7.84. The second kappa shape index (κ2) is 9.89. The molecule has 6 rings (SSSR count). The Balaban J connectivity index is 1.56. The van der Waals surface area contributed by atoms with Crippen molar-refractivity contribution in [2.45, 2.75) is 43.2 Å². The molecular formula is C30H27Cl2FN4O4. The average molecular weight is 597 g/mol. The fourth-order valence-electron chi connectivity index (χ4n) is 5.25. The Morgan fingerprint density at radius 2 is 1.78 bits per heavy atom. The van der Waals surface area contributed by atoms with Gasteiger partial charge in [-0.3, -0.25) is 19.4 Å². The molecular weight excluding hydrogens is 570 g/mol. The van der Waals surface area contributed by atoms with Crippen molar-refractivity contribution in [1.29, 1.82) is 0 Å². The van der Waals surface area contributed by atoms with E-state index in [2.05, 4.69) is 10.1 Å². The number of hydrogen-bond donors (Lipinski definition) is 2. The quantitative estimate of drug-likeness (QED) is 0.299. The molecule has 1 amide bonds. The van der Waals surface area contributed by atoms with Crippen molar-refractivity contribution in [3.63, 3.8) is 0 Å². The SMILES string of the molecule is Cn1cc([C@](C)(O)c2cc(F)c3c(c2)C(=O)N(Cc2ccc(Cl)cn2)[C@@]3(OCC2(O)CC2)c2ccc(Cl)cc2)cn1. The molecule has 4 aromatic rings. The normalized spacial score (nSPS) is 20.7. The Morgan fingerprint density at radius 1 is 1.07 bits per heavy atom. The van der Waals surface area contributed by atoms with Gasteiger partial charge < -0.3 is 14.9 Å². The van der Waals surface area contributed by atoms with Crippen LogP contribution in [0.4, 0.5) is 4.39 Å². The molecule has 3 heterocycles. The molecule has 2 atom stereocenters. The predicted octanol–water partition coefficient (Wildman–Crippen LogP) is 4.92. The van der Waals surface area contributed by atoms with E-state index in [1.807, 2.05) is 0 Å². The second-order valence-electron chi connectivity index (χ2n) is 10.9. The van der Waals surface area contributed by atoms with Gasteiger partial charge in [-0.25, -0.2) is 4.39 Å². The molecule has 1 saturated carbocycles. The Kier molecular flexibility index (Phi) is 6.71. The number of ether oxygens (including phenoxy) is 1. The Morgan fingerprint density at radius 3 is 2.39 bits per heavy atom. The molecule has 11 heteroatoms. The van der Waals surface area contributed by atoms with Crippen molar-refractivity contribution >= 4 is 29.1 Å². The maximum absolute atomic E-state index is 16.5. The number of aromatic nitrogens is 3. The minimum atomic E-state index is -1.76. The van der Waals surface area contributed by atoms with Crippen LogP contribution in [0.5, 0.6) is 0 Å². The number of aryl methyl sites for hydroxylation is 1. The number of rotatable bonds is 8. The van der Waals surface area contributed by atoms with Gasteiger partial charge in [-0.2, -0.15) is 5.10 Å². The number of carbonyl (C=O) groups excluding carboxylic acids is 1. The molecule has 0 spiro atoms. The summed E-state index contributed by atoms with van der Waals surface area (Å²) in [4.78, 5) is 20.0. The number of nitrogens with zero attached hydrogens (tertiary/aromatic N) is 4. The highest BCUT2D eigenvalue weighted by atomic mass is 35.5. The summed E-state index contributed by atoms with van der Waals surface area (Å²) >= 11 is 12.3. The van der Waals surface area contributed by atoms with Crippen molar-refractivity contribution in [1.82, 2.24) is 19.7 Å². The first kappa shape index (κ1) is 27.8. The highest BCUT2D eigenvalue weighted by molar-refractivity contribution is 6.30. The number of pyridine rings is 1. The van der Waals surface area contributed by atoms with E-state index < -0.39 is 28.7 Å². The topological polar surface area (TPSA) is 101 Å². The number of carbonyl (C=O) groups is 1. The minimum absolute atomic E-state index is 0.0197. The van der Waals surface area contributed by atoms with Crippen LogP contribution in [-0.4, -0.2) is 48.0 Å². The molecule has 0 radical (unpaired) electrons. The van der Waals surface area contributed by atoms with E-state index in [1.165, 1.54) is 41.0 Å². The number of benzene rings is 2. The largest absolute Gasteiger partial charge is 0.387 e. The molecule has 1 fully saturated rings. The monoisotopic (exact) mass is 596 g/mol. The number of amides is 1. The summed E-state index contributed by atoms with van der Waals surface area (Å²) < 4.78 is 24.5. The predicted molar refractivity (Wildman–Crippen MR) is 150 cm³/mol. The Labute approximate surface area is 245 Å². The molecule has 41 heavy (non-hydrogen) atoms. The van der Waals surface area contributed by atoms with Crippen molar-refractivity contribution in [3.05, 3.63) is 116 Å². The van der Waals surface area contributed by atoms with Crippen molar-refractivity contribution in [2.24, 2.45) is 7.05 Å². The van der Waals surface area contributed by atoms with Crippen molar-refractivity contribution in [3.8, 4) is 0 Å². The van der Waals surface area contributed by atoms with Crippen LogP contribution in [0.15, 0.2) is 67.1 Å². The third-order valence-corrected chi connectivity index (χ3v) is 8.31. The van der Waals surface area contributed by atoms with Gasteiger partial charge in [-0.15, -0.1) is 0 Å². The van der Waals surface area contributed by atoms with Crippen LogP contribution < -0.4 is 0 Å². The first-order valence-electron chi connectivity index (χ1n) is 13.0. The first-order chi connectivity index (χ1) is 19.4. The van der Waals surface area contributed by atoms with Gasteiger partial charge in [-0.1, -0.05) is 35.3 Å². The standard InChI is InChI=1S/C30H27Cl2FN4O4/c1-28(39,20-13-35-36(2)15-20)19-11-24-26(25(33)12-19)30(41-17-29(40)9-10-29,18-3-5-21(31)6-4-18)37(27(24)38)16-23-8-7-22(32)14-34-23/h3-8,11-15,39-40H,9-10,16-17H2,1-2H3/t28-,30-/m1/s1. The summed E-state index contributed by atoms with van der Waals surface area (Å²) in [5.74, 6) is -1.28. The van der Waals surface area contributed by atoms with Crippen LogP contribution in [0.25, 0.3) is 0 Å². The molecule has 1 aliphatic carbocycles. The molecule has 2 N–H and O–H groups in total. The van der Waals surface area contributed by atoms with Gasteiger partial charge in [0.2, 0.25) is 0 Å². The Hall–Kier alpha value is -3.34. The van der Waals surface area contributed by atoms with E-state index in [0.29, 0.717) is 39.7 Å². The number of fused-ring (bicyclic) bond motifs is 1. The summed E-state index contributed by atoms with van der Waals surface area (Å²) in [7, 11) is 1.71. The maximum atomic E-state index is 16.5. The van der Waals surface area contributed by atoms with E-state index in [4.69, 9.17) is 27.9 Å². The first-order valence-corrected chi connectivity index (χ1v) is 13.8. The molecule has 2 aromatic heterocycles. The van der Waals surface area contributed by atoms with E-state index in [1.54, 1.807) is 49.6 Å². The lowest BCUT2D eigenvalue weighted by atomic mass is 9.85. The van der Waals surface area contributed by atoms with E-state index in [-0.39, 0.29) is 29.8 Å². The minimum Gasteiger partial charge on any atom is -0.387 e. The number of hydrogen-bond acceptors (Lipinski definition) is 6. The zero-order valence-electron chi connectivity index (χ0n) is 22.3. The zero-order valence-corrected chi connectivity index (χ0v) is 23.8. The van der Waals surface area contributed by atoms with Crippen LogP contribution in [-0.2, 0) is 29.7 Å². The smallest absolute Gasteiger partial charge is 0.257 e. The fourth-order valence-corrected chi connectivity index (χ4v) is 5.48. The molecule has 0 saturated heterocycles. The van der Waals surface area contributed by atoms with E-state index >= 15 is 4.39 Å². The van der Waals surface area contributed by atoms with Gasteiger partial charge in [0, 0.05) is 35.6 Å². The van der Waals surface area contributed by atoms with Crippen LogP contribution in [0.2, 0.25) is 10.0 Å². The molecule has 0 unspecified atom stereocenters. The van der Waals surface area contributed by atoms with E-state index in [9.17, 15) is 15.0 Å². The average Bonchev–Trinajstić information content (AvgIpc) is 3.42. The molecule has 0 bridgehead atoms. The summed E-state index contributed by atoms with van der Waals surface area (Å²) in [6.45, 7) is 1.33. The van der Waals surface area contributed by atoms with Crippen LogP contribution >= 0.6 is 23.2 Å². The maximum Gasteiger partial charge on any atom is 0.257 e. The molecule has 2 aliphatic rings. The molecule has 1 aliphatic heterocycles. The van der Waals surface area contributed by atoms with Gasteiger partial charge >= 0.3 is 0 Å². The van der Waals surface area contributed by atoms with Crippen LogP contribution in [0.1, 0.15) is 58.1 Å². The second-order valence-corrected chi connectivity index (χ2v) is 11.8. The van der Waals surface area contributed by atoms with Gasteiger partial charge in [-0.05, 0) is 61.7 Å². The van der Waals surface area contributed by atoms with Crippen molar-refractivity contribution in [2.75, 3.05) is 6.61 Å². The summed E-state index contributed by atoms with van der Waals surface area (Å²) in [6.07, 6.45) is 5.63. The highest BCUT2D eigenvalue weighted by Crippen LogP contribution is 2.50. The lowest BCUT2D eigenvalue weighted by Gasteiger charge is -2.40. The molecule has 212 valence electrons. The van der Waals surface area contributed by atoms with Gasteiger partial charge in [0.05, 0.1) is 46.8 Å². The third kappa shape index (κ3) is 4.81. The zero-order chi connectivity index (χ0) is 29.2. The summed E-state index contributed by atoms with van der Waals surface area (Å²) in [6, 6.07) is 12.6. The lowest BCUT2D eigenvalue weighted by Crippen LogP contribution is -2.48. The lowest BCUT2D eigenvalue weighted by molar-refractivity contribution is -0.139. The fraction of sp³-hybridized carbons (Fsp3) is 0.300. The van der Waals surface area contributed by atoms with Crippen LogP contribution in [0.3, 0.4) is 0 Å². The van der Waals surface area contributed by atoms with E-state index in [0.717, 1.165) is 0 Å². The van der Waals surface area contributed by atoms with Gasteiger partial charge in [0.25, 0.3) is 5.91 Å². The molecule has 2 aromatic carbocycles. The number of halogens is 3. The van der Waals surface area contributed by atoms with Gasteiger partial charge in [0.1, 0.15) is 11.4 Å². The summed E-state index contributed by atoms with van der Waals surface area (Å²) in [5.41, 5.74) is -2.94. The van der Waals surface area contributed by atoms with Gasteiger partial charge in [0.15, 0.2) is 5.72 Å². The highest BCUT2D eigenvalue weighted by Gasteiger charge is 2.56. The van der Waals surface area contributed by atoms with Crippen molar-refractivity contribution < 1.29 is 24.1 Å². The summed E-state index contributed by atoms with van der Waals surface area (Å²) in [5, 5.41) is 27.2. The Bertz CT molecular complexity index is 1640.